The Morgan fingerprint density at radius 2 is 2.26 bits per heavy atom. The third-order valence-corrected chi connectivity index (χ3v) is 3.35. The number of nitrogens with one attached hydrogen (secondary N) is 2. The zero-order valence-corrected chi connectivity index (χ0v) is 12.6. The van der Waals surface area contributed by atoms with Gasteiger partial charge < -0.3 is 25.4 Å². The molecule has 1 saturated heterocycles. The summed E-state index contributed by atoms with van der Waals surface area (Å²) in [6.45, 7) is 1.07. The number of urea groups is 1. The van der Waals surface area contributed by atoms with E-state index in [0.717, 1.165) is 0 Å². The quantitative estimate of drug-likeness (QED) is 0.626. The van der Waals surface area contributed by atoms with E-state index in [-0.39, 0.29) is 31.6 Å². The number of amides is 3. The Balaban J connectivity index is 1.77. The topological polar surface area (TPSA) is 90.9 Å². The number of aliphatic hydroxyl groups excluding tert-OH is 1. The van der Waals surface area contributed by atoms with Crippen molar-refractivity contribution in [2.45, 2.75) is 12.5 Å². The molecule has 1 aromatic rings. The van der Waals surface area contributed by atoms with Gasteiger partial charge in [0, 0.05) is 25.2 Å². The van der Waals surface area contributed by atoms with Crippen LogP contribution < -0.4 is 15.5 Å². The predicted molar refractivity (Wildman–Crippen MR) is 81.6 cm³/mol. The van der Waals surface area contributed by atoms with Crippen molar-refractivity contribution in [3.05, 3.63) is 30.1 Å². The summed E-state index contributed by atoms with van der Waals surface area (Å²) in [5.74, 6) is -0.570. The summed E-state index contributed by atoms with van der Waals surface area (Å²) in [5.41, 5.74) is 0.483. The van der Waals surface area contributed by atoms with Crippen molar-refractivity contribution in [3.63, 3.8) is 0 Å². The fourth-order valence-electron chi connectivity index (χ4n) is 2.34. The molecular weight excluding hydrogens is 305 g/mol. The van der Waals surface area contributed by atoms with E-state index >= 15 is 0 Å². The Morgan fingerprint density at radius 1 is 1.43 bits per heavy atom. The van der Waals surface area contributed by atoms with E-state index in [0.29, 0.717) is 25.4 Å². The van der Waals surface area contributed by atoms with Gasteiger partial charge >= 0.3 is 6.03 Å². The van der Waals surface area contributed by atoms with Crippen LogP contribution in [0.5, 0.6) is 0 Å². The fraction of sp³-hybridized carbons (Fsp3) is 0.467. The van der Waals surface area contributed by atoms with Crippen LogP contribution in [-0.2, 0) is 9.53 Å². The number of benzene rings is 1. The normalized spacial score (nSPS) is 17.4. The molecule has 126 valence electrons. The summed E-state index contributed by atoms with van der Waals surface area (Å²) >= 11 is 0. The minimum Gasteiger partial charge on any atom is -0.394 e. The maximum Gasteiger partial charge on any atom is 0.315 e. The van der Waals surface area contributed by atoms with Crippen molar-refractivity contribution in [1.29, 1.82) is 0 Å². The molecule has 1 aromatic carbocycles. The molecule has 1 fully saturated rings. The third-order valence-electron chi connectivity index (χ3n) is 3.35. The van der Waals surface area contributed by atoms with Crippen LogP contribution in [0.3, 0.4) is 0 Å². The molecule has 3 amide bonds. The summed E-state index contributed by atoms with van der Waals surface area (Å²) in [7, 11) is 0. The Morgan fingerprint density at radius 3 is 3.00 bits per heavy atom. The molecule has 1 heterocycles. The molecule has 0 saturated carbocycles. The average molecular weight is 325 g/mol. The van der Waals surface area contributed by atoms with Crippen LogP contribution in [0.15, 0.2) is 24.3 Å². The molecule has 0 unspecified atom stereocenters. The van der Waals surface area contributed by atoms with Gasteiger partial charge in [-0.3, -0.25) is 4.79 Å². The molecule has 3 N–H and O–H groups in total. The summed E-state index contributed by atoms with van der Waals surface area (Å²) in [6.07, 6.45) is 0.172. The first kappa shape index (κ1) is 17.2. The number of rotatable bonds is 7. The summed E-state index contributed by atoms with van der Waals surface area (Å²) in [4.78, 5) is 25.2. The van der Waals surface area contributed by atoms with E-state index in [1.807, 2.05) is 0 Å². The van der Waals surface area contributed by atoms with E-state index in [9.17, 15) is 14.0 Å². The first-order chi connectivity index (χ1) is 11.1. The van der Waals surface area contributed by atoms with Gasteiger partial charge in [-0.15, -0.1) is 0 Å². The molecule has 0 radical (unpaired) electrons. The van der Waals surface area contributed by atoms with Crippen LogP contribution in [0, 0.1) is 5.82 Å². The number of carbonyl (C=O) groups excluding carboxylic acids is 2. The molecule has 1 aliphatic rings. The van der Waals surface area contributed by atoms with Gasteiger partial charge in [-0.25, -0.2) is 9.18 Å². The molecule has 1 atom stereocenters. The Labute approximate surface area is 133 Å². The lowest BCUT2D eigenvalue weighted by molar-refractivity contribution is -0.117. The van der Waals surface area contributed by atoms with E-state index in [4.69, 9.17) is 9.84 Å². The molecule has 0 aliphatic carbocycles. The highest BCUT2D eigenvalue weighted by molar-refractivity contribution is 5.96. The molecule has 1 aliphatic heterocycles. The smallest absolute Gasteiger partial charge is 0.315 e. The Bertz CT molecular complexity index is 555. The number of nitrogens with zero attached hydrogens (tertiary/aromatic N) is 1. The standard InChI is InChI=1S/C15H20FN3O4/c16-11-2-1-3-13(8-11)19-10-12(9-14(19)21)18-15(22)17-4-6-23-7-5-20/h1-3,8,12,20H,4-7,9-10H2,(H2,17,18,22)/t12-/m0/s1. The van der Waals surface area contributed by atoms with Gasteiger partial charge in [-0.05, 0) is 18.2 Å². The van der Waals surface area contributed by atoms with Crippen LogP contribution in [-0.4, -0.2) is 56.0 Å². The largest absolute Gasteiger partial charge is 0.394 e. The number of anilines is 1. The number of hydrogen-bond acceptors (Lipinski definition) is 4. The minimum absolute atomic E-state index is 0.0632. The molecular formula is C15H20FN3O4. The first-order valence-electron chi connectivity index (χ1n) is 7.39. The second-order valence-electron chi connectivity index (χ2n) is 5.12. The lowest BCUT2D eigenvalue weighted by atomic mass is 10.2. The van der Waals surface area contributed by atoms with Gasteiger partial charge in [0.15, 0.2) is 0 Å². The monoisotopic (exact) mass is 325 g/mol. The molecule has 0 aromatic heterocycles. The van der Waals surface area contributed by atoms with E-state index in [1.54, 1.807) is 6.07 Å². The summed E-state index contributed by atoms with van der Waals surface area (Å²) in [6, 6.07) is 5.07. The number of hydrogen-bond donors (Lipinski definition) is 3. The van der Waals surface area contributed by atoms with E-state index in [1.165, 1.54) is 23.1 Å². The lowest BCUT2D eigenvalue weighted by Crippen LogP contribution is -2.44. The van der Waals surface area contributed by atoms with Crippen LogP contribution >= 0.6 is 0 Å². The Kier molecular flexibility index (Phi) is 6.30. The highest BCUT2D eigenvalue weighted by Gasteiger charge is 2.31. The number of ether oxygens (including phenoxy) is 1. The third kappa shape index (κ3) is 5.19. The second kappa shape index (κ2) is 8.44. The van der Waals surface area contributed by atoms with Crippen LogP contribution in [0.1, 0.15) is 6.42 Å². The van der Waals surface area contributed by atoms with Crippen molar-refractivity contribution in [2.24, 2.45) is 0 Å². The van der Waals surface area contributed by atoms with E-state index < -0.39 is 11.8 Å². The van der Waals surface area contributed by atoms with Crippen molar-refractivity contribution >= 4 is 17.6 Å². The number of aliphatic hydroxyl groups is 1. The molecule has 0 bridgehead atoms. The summed E-state index contributed by atoms with van der Waals surface area (Å²) in [5, 5.41) is 13.8. The van der Waals surface area contributed by atoms with Crippen molar-refractivity contribution in [2.75, 3.05) is 37.8 Å². The average Bonchev–Trinajstić information content (AvgIpc) is 2.87. The highest BCUT2D eigenvalue weighted by atomic mass is 19.1. The number of halogens is 1. The maximum atomic E-state index is 13.2. The minimum atomic E-state index is -0.410. The van der Waals surface area contributed by atoms with Crippen molar-refractivity contribution in [3.8, 4) is 0 Å². The van der Waals surface area contributed by atoms with Gasteiger partial charge in [-0.1, -0.05) is 6.07 Å². The zero-order chi connectivity index (χ0) is 16.7. The van der Waals surface area contributed by atoms with E-state index in [2.05, 4.69) is 10.6 Å². The first-order valence-corrected chi connectivity index (χ1v) is 7.39. The van der Waals surface area contributed by atoms with Crippen molar-refractivity contribution in [1.82, 2.24) is 10.6 Å². The van der Waals surface area contributed by atoms with Crippen molar-refractivity contribution < 1.29 is 23.8 Å². The number of carbonyl (C=O) groups is 2. The van der Waals surface area contributed by atoms with Gasteiger partial charge in [0.1, 0.15) is 5.82 Å². The molecule has 23 heavy (non-hydrogen) atoms. The van der Waals surface area contributed by atoms with Crippen LogP contribution in [0.4, 0.5) is 14.9 Å². The fourth-order valence-corrected chi connectivity index (χ4v) is 2.34. The highest BCUT2D eigenvalue weighted by Crippen LogP contribution is 2.22. The van der Waals surface area contributed by atoms with Gasteiger partial charge in [-0.2, -0.15) is 0 Å². The Hall–Kier alpha value is -2.19. The molecule has 0 spiro atoms. The predicted octanol–water partition coefficient (Wildman–Crippen LogP) is 0.239. The van der Waals surface area contributed by atoms with Gasteiger partial charge in [0.05, 0.1) is 25.9 Å². The SMILES string of the molecule is O=C(NCCOCCO)N[C@H]1CC(=O)N(c2cccc(F)c2)C1. The molecule has 8 heteroatoms. The van der Waals surface area contributed by atoms with Crippen LogP contribution in [0.25, 0.3) is 0 Å². The van der Waals surface area contributed by atoms with Gasteiger partial charge in [0.25, 0.3) is 0 Å². The molecule has 2 rings (SSSR count). The molecule has 7 nitrogen and oxygen atoms in total. The maximum absolute atomic E-state index is 13.2. The van der Waals surface area contributed by atoms with Gasteiger partial charge in [0.2, 0.25) is 5.91 Å². The zero-order valence-electron chi connectivity index (χ0n) is 12.6. The second-order valence-corrected chi connectivity index (χ2v) is 5.12. The van der Waals surface area contributed by atoms with Crippen LogP contribution in [0.2, 0.25) is 0 Å². The summed E-state index contributed by atoms with van der Waals surface area (Å²) < 4.78 is 18.3. The lowest BCUT2D eigenvalue weighted by Gasteiger charge is -2.17.